The molecule has 0 aromatic rings. The van der Waals surface area contributed by atoms with E-state index in [4.69, 9.17) is 4.74 Å². The third kappa shape index (κ3) is 3.95. The van der Waals surface area contributed by atoms with Gasteiger partial charge in [0.1, 0.15) is 0 Å². The molecule has 0 aromatic heterocycles. The van der Waals surface area contributed by atoms with Crippen LogP contribution in [0.5, 0.6) is 0 Å². The van der Waals surface area contributed by atoms with Gasteiger partial charge in [0.2, 0.25) is 5.91 Å². The van der Waals surface area contributed by atoms with Crippen LogP contribution in [-0.4, -0.2) is 49.2 Å². The first-order valence-electron chi connectivity index (χ1n) is 7.42. The maximum Gasteiger partial charge on any atom is 0.225 e. The van der Waals surface area contributed by atoms with E-state index in [1.165, 1.54) is 19.3 Å². The van der Waals surface area contributed by atoms with Crippen LogP contribution in [0.15, 0.2) is 0 Å². The first-order valence-corrected chi connectivity index (χ1v) is 7.42. The molecule has 0 aliphatic carbocycles. The average Bonchev–Trinajstić information content (AvgIpc) is 2.90. The molecule has 2 aliphatic rings. The van der Waals surface area contributed by atoms with Crippen molar-refractivity contribution in [2.24, 2.45) is 0 Å². The Hall–Kier alpha value is -0.610. The quantitative estimate of drug-likeness (QED) is 0.809. The van der Waals surface area contributed by atoms with Crippen LogP contribution in [0.3, 0.4) is 0 Å². The van der Waals surface area contributed by atoms with Gasteiger partial charge < -0.3 is 15.0 Å². The molecule has 0 radical (unpaired) electrons. The molecular weight excluding hydrogens is 228 g/mol. The Kier molecular flexibility index (Phi) is 5.45. The Morgan fingerprint density at radius 2 is 2.22 bits per heavy atom. The van der Waals surface area contributed by atoms with Gasteiger partial charge in [-0.25, -0.2) is 0 Å². The number of likely N-dealkylation sites (N-methyl/N-ethyl adjacent to an activating group) is 1. The number of ether oxygens (including phenoxy) is 1. The molecule has 4 heteroatoms. The van der Waals surface area contributed by atoms with Crippen molar-refractivity contribution >= 4 is 5.91 Å². The molecule has 0 bridgehead atoms. The number of hydrogen-bond acceptors (Lipinski definition) is 3. The van der Waals surface area contributed by atoms with Gasteiger partial charge in [0, 0.05) is 25.7 Å². The molecular formula is C14H26N2O2. The van der Waals surface area contributed by atoms with Crippen molar-refractivity contribution in [2.75, 3.05) is 26.2 Å². The summed E-state index contributed by atoms with van der Waals surface area (Å²) in [5.41, 5.74) is 0. The molecule has 2 unspecified atom stereocenters. The van der Waals surface area contributed by atoms with Crippen LogP contribution < -0.4 is 5.32 Å². The minimum Gasteiger partial charge on any atom is -0.378 e. The zero-order valence-electron chi connectivity index (χ0n) is 11.5. The first kappa shape index (κ1) is 13.8. The molecule has 2 rings (SSSR count). The van der Waals surface area contributed by atoms with Crippen molar-refractivity contribution in [1.29, 1.82) is 0 Å². The zero-order chi connectivity index (χ0) is 12.8. The largest absolute Gasteiger partial charge is 0.378 e. The summed E-state index contributed by atoms with van der Waals surface area (Å²) in [6, 6.07) is 0.493. The van der Waals surface area contributed by atoms with E-state index < -0.39 is 0 Å². The maximum absolute atomic E-state index is 12.2. The van der Waals surface area contributed by atoms with E-state index in [1.54, 1.807) is 0 Å². The van der Waals surface area contributed by atoms with E-state index >= 15 is 0 Å². The molecule has 2 fully saturated rings. The van der Waals surface area contributed by atoms with Gasteiger partial charge in [-0.1, -0.05) is 6.42 Å². The monoisotopic (exact) mass is 254 g/mol. The van der Waals surface area contributed by atoms with E-state index in [9.17, 15) is 4.79 Å². The lowest BCUT2D eigenvalue weighted by Gasteiger charge is -2.30. The highest BCUT2D eigenvalue weighted by Gasteiger charge is 2.24. The number of nitrogens with zero attached hydrogens (tertiary/aromatic N) is 1. The van der Waals surface area contributed by atoms with E-state index in [0.29, 0.717) is 12.5 Å². The van der Waals surface area contributed by atoms with E-state index in [0.717, 1.165) is 39.1 Å². The van der Waals surface area contributed by atoms with Gasteiger partial charge in [-0.2, -0.15) is 0 Å². The Labute approximate surface area is 110 Å². The average molecular weight is 254 g/mol. The third-order valence-electron chi connectivity index (χ3n) is 4.01. The number of carbonyl (C=O) groups is 1. The molecule has 2 saturated heterocycles. The number of carbonyl (C=O) groups excluding carboxylic acids is 1. The molecule has 1 N–H and O–H groups in total. The van der Waals surface area contributed by atoms with E-state index in [2.05, 4.69) is 12.2 Å². The van der Waals surface area contributed by atoms with Gasteiger partial charge in [-0.3, -0.25) is 4.79 Å². The molecule has 104 valence electrons. The molecule has 2 atom stereocenters. The molecule has 0 aromatic carbocycles. The molecule has 18 heavy (non-hydrogen) atoms. The van der Waals surface area contributed by atoms with Gasteiger partial charge >= 0.3 is 0 Å². The van der Waals surface area contributed by atoms with Crippen molar-refractivity contribution in [3.05, 3.63) is 0 Å². The highest BCUT2D eigenvalue weighted by molar-refractivity contribution is 5.76. The summed E-state index contributed by atoms with van der Waals surface area (Å²) in [6.45, 7) is 5.67. The first-order chi connectivity index (χ1) is 8.79. The lowest BCUT2D eigenvalue weighted by molar-refractivity contribution is -0.133. The molecule has 0 saturated carbocycles. The van der Waals surface area contributed by atoms with Crippen molar-refractivity contribution in [3.8, 4) is 0 Å². The topological polar surface area (TPSA) is 41.6 Å². The summed E-state index contributed by atoms with van der Waals surface area (Å²) in [7, 11) is 0. The predicted octanol–water partition coefficient (Wildman–Crippen LogP) is 1.55. The van der Waals surface area contributed by atoms with Gasteiger partial charge in [0.15, 0.2) is 0 Å². The molecule has 0 spiro atoms. The Balaban J connectivity index is 1.76. The zero-order valence-corrected chi connectivity index (χ0v) is 11.5. The number of hydrogen-bond donors (Lipinski definition) is 1. The third-order valence-corrected chi connectivity index (χ3v) is 4.01. The lowest BCUT2D eigenvalue weighted by atomic mass is 10.0. The smallest absolute Gasteiger partial charge is 0.225 e. The van der Waals surface area contributed by atoms with Gasteiger partial charge in [-0.15, -0.1) is 0 Å². The van der Waals surface area contributed by atoms with Gasteiger partial charge in [0.05, 0.1) is 12.5 Å². The van der Waals surface area contributed by atoms with E-state index in [-0.39, 0.29) is 12.0 Å². The van der Waals surface area contributed by atoms with Crippen LogP contribution in [-0.2, 0) is 9.53 Å². The van der Waals surface area contributed by atoms with Crippen molar-refractivity contribution < 1.29 is 9.53 Å². The van der Waals surface area contributed by atoms with Crippen LogP contribution in [0.4, 0.5) is 0 Å². The summed E-state index contributed by atoms with van der Waals surface area (Å²) in [6.07, 6.45) is 6.65. The maximum atomic E-state index is 12.2. The second-order valence-electron chi connectivity index (χ2n) is 5.42. The highest BCUT2D eigenvalue weighted by Crippen LogP contribution is 2.17. The fourth-order valence-corrected chi connectivity index (χ4v) is 2.88. The normalized spacial score (nSPS) is 28.3. The number of amides is 1. The number of nitrogens with one attached hydrogen (secondary N) is 1. The molecule has 2 heterocycles. The minimum absolute atomic E-state index is 0.172. The standard InChI is InChI=1S/C14H26N2O2/c1-2-16(11-12-6-3-4-8-15-12)14(17)10-13-7-5-9-18-13/h12-13,15H,2-11H2,1H3. The van der Waals surface area contributed by atoms with Crippen molar-refractivity contribution in [2.45, 2.75) is 57.6 Å². The SMILES string of the molecule is CCN(CC1CCCCN1)C(=O)CC1CCCO1. The summed E-state index contributed by atoms with van der Waals surface area (Å²) < 4.78 is 5.55. The van der Waals surface area contributed by atoms with Crippen molar-refractivity contribution in [3.63, 3.8) is 0 Å². The predicted molar refractivity (Wildman–Crippen MR) is 71.5 cm³/mol. The van der Waals surface area contributed by atoms with Crippen LogP contribution in [0.1, 0.15) is 45.4 Å². The van der Waals surface area contributed by atoms with Crippen molar-refractivity contribution in [1.82, 2.24) is 10.2 Å². The number of rotatable bonds is 5. The van der Waals surface area contributed by atoms with Gasteiger partial charge in [0.25, 0.3) is 0 Å². The van der Waals surface area contributed by atoms with Gasteiger partial charge in [-0.05, 0) is 39.2 Å². The Morgan fingerprint density at radius 3 is 2.83 bits per heavy atom. The van der Waals surface area contributed by atoms with E-state index in [1.807, 2.05) is 4.90 Å². The minimum atomic E-state index is 0.172. The highest BCUT2D eigenvalue weighted by atomic mass is 16.5. The lowest BCUT2D eigenvalue weighted by Crippen LogP contribution is -2.46. The second kappa shape index (κ2) is 7.10. The Bertz CT molecular complexity index is 259. The summed E-state index contributed by atoms with van der Waals surface area (Å²) in [5.74, 6) is 0.261. The Morgan fingerprint density at radius 1 is 1.33 bits per heavy atom. The summed E-state index contributed by atoms with van der Waals surface area (Å²) in [5, 5.41) is 3.51. The molecule has 1 amide bonds. The molecule has 4 nitrogen and oxygen atoms in total. The fourth-order valence-electron chi connectivity index (χ4n) is 2.88. The second-order valence-corrected chi connectivity index (χ2v) is 5.42. The summed E-state index contributed by atoms with van der Waals surface area (Å²) in [4.78, 5) is 14.2. The van der Waals surface area contributed by atoms with Crippen LogP contribution in [0, 0.1) is 0 Å². The summed E-state index contributed by atoms with van der Waals surface area (Å²) >= 11 is 0. The fraction of sp³-hybridized carbons (Fsp3) is 0.929. The van der Waals surface area contributed by atoms with Crippen LogP contribution in [0.2, 0.25) is 0 Å². The molecule has 2 aliphatic heterocycles. The number of piperidine rings is 1. The van der Waals surface area contributed by atoms with Crippen LogP contribution in [0.25, 0.3) is 0 Å². The van der Waals surface area contributed by atoms with Crippen LogP contribution >= 0.6 is 0 Å².